The van der Waals surface area contributed by atoms with Gasteiger partial charge < -0.3 is 14.9 Å². The fourth-order valence-electron chi connectivity index (χ4n) is 1.37. The van der Waals surface area contributed by atoms with Crippen LogP contribution in [0.1, 0.15) is 0 Å². The number of methoxy groups -OCH3 is 1. The molecule has 2 rings (SSSR count). The largest absolute Gasteiger partial charge is 0.506 e. The van der Waals surface area contributed by atoms with E-state index in [-0.39, 0.29) is 11.5 Å². The minimum absolute atomic E-state index is 0.0338. The molecule has 2 aromatic carbocycles. The first-order chi connectivity index (χ1) is 8.70. The van der Waals surface area contributed by atoms with Gasteiger partial charge in [-0.1, -0.05) is 12.1 Å². The number of ether oxygens (including phenoxy) is 1. The smallest absolute Gasteiger partial charge is 0.146 e. The van der Waals surface area contributed by atoms with Crippen LogP contribution < -0.4 is 4.74 Å². The minimum Gasteiger partial charge on any atom is -0.506 e. The average Bonchev–Trinajstić information content (AvgIpc) is 2.39. The van der Waals surface area contributed by atoms with Gasteiger partial charge in [-0.25, -0.2) is 0 Å². The summed E-state index contributed by atoms with van der Waals surface area (Å²) in [5, 5.41) is 26.9. The zero-order valence-corrected chi connectivity index (χ0v) is 9.74. The molecule has 18 heavy (non-hydrogen) atoms. The van der Waals surface area contributed by atoms with Crippen LogP contribution in [0.15, 0.2) is 52.7 Å². The molecule has 0 atom stereocenters. The summed E-state index contributed by atoms with van der Waals surface area (Å²) in [6, 6.07) is 11.3. The van der Waals surface area contributed by atoms with Gasteiger partial charge in [-0.2, -0.15) is 0 Å². The normalized spacial score (nSPS) is 10.7. The van der Waals surface area contributed by atoms with Gasteiger partial charge in [0.25, 0.3) is 0 Å². The second-order valence-corrected chi connectivity index (χ2v) is 3.54. The van der Waals surface area contributed by atoms with E-state index >= 15 is 0 Å². The molecular weight excluding hydrogens is 232 g/mol. The van der Waals surface area contributed by atoms with Crippen molar-refractivity contribution in [1.82, 2.24) is 0 Å². The molecule has 0 aliphatic rings. The van der Waals surface area contributed by atoms with Crippen LogP contribution in [0.2, 0.25) is 0 Å². The monoisotopic (exact) mass is 244 g/mol. The summed E-state index contributed by atoms with van der Waals surface area (Å²) in [6.45, 7) is 0. The Labute approximate surface area is 104 Å². The van der Waals surface area contributed by atoms with Crippen molar-refractivity contribution in [2.24, 2.45) is 10.2 Å². The van der Waals surface area contributed by atoms with Crippen molar-refractivity contribution < 1.29 is 14.9 Å². The third-order valence-electron chi connectivity index (χ3n) is 2.33. The number of azo groups is 1. The molecule has 0 saturated heterocycles. The highest BCUT2D eigenvalue weighted by Crippen LogP contribution is 2.33. The second-order valence-electron chi connectivity index (χ2n) is 3.54. The lowest BCUT2D eigenvalue weighted by Gasteiger charge is -2.02. The van der Waals surface area contributed by atoms with Gasteiger partial charge in [0.15, 0.2) is 0 Å². The third kappa shape index (κ3) is 2.57. The van der Waals surface area contributed by atoms with Gasteiger partial charge in [-0.05, 0) is 24.3 Å². The zero-order chi connectivity index (χ0) is 13.0. The second kappa shape index (κ2) is 5.18. The number of para-hydroxylation sites is 1. The summed E-state index contributed by atoms with van der Waals surface area (Å²) in [5.74, 6) is 0.539. The fourth-order valence-corrected chi connectivity index (χ4v) is 1.37. The molecule has 5 heteroatoms. The van der Waals surface area contributed by atoms with Crippen LogP contribution >= 0.6 is 0 Å². The lowest BCUT2D eigenvalue weighted by Crippen LogP contribution is -1.80. The Morgan fingerprint density at radius 1 is 0.889 bits per heavy atom. The fraction of sp³-hybridized carbons (Fsp3) is 0.0769. The Morgan fingerprint density at radius 2 is 1.56 bits per heavy atom. The molecule has 0 spiro atoms. The molecule has 0 bridgehead atoms. The molecule has 2 aromatic rings. The van der Waals surface area contributed by atoms with Crippen molar-refractivity contribution in [2.75, 3.05) is 7.11 Å². The number of hydrogen-bond acceptors (Lipinski definition) is 5. The Kier molecular flexibility index (Phi) is 3.43. The SMILES string of the molecule is COc1ccc(N=Nc2ccccc2O)c(O)c1. The van der Waals surface area contributed by atoms with E-state index in [1.165, 1.54) is 19.2 Å². The average molecular weight is 244 g/mol. The van der Waals surface area contributed by atoms with E-state index in [0.717, 1.165) is 0 Å². The maximum Gasteiger partial charge on any atom is 0.146 e. The van der Waals surface area contributed by atoms with Crippen LogP contribution in [0.25, 0.3) is 0 Å². The quantitative estimate of drug-likeness (QED) is 0.811. The van der Waals surface area contributed by atoms with Gasteiger partial charge in [-0.3, -0.25) is 0 Å². The summed E-state index contributed by atoms with van der Waals surface area (Å²) in [5.41, 5.74) is 0.645. The first-order valence-corrected chi connectivity index (χ1v) is 5.27. The predicted octanol–water partition coefficient (Wildman–Crippen LogP) is 3.52. The van der Waals surface area contributed by atoms with Crippen molar-refractivity contribution in [1.29, 1.82) is 0 Å². The van der Waals surface area contributed by atoms with E-state index in [2.05, 4.69) is 10.2 Å². The number of rotatable bonds is 3. The first-order valence-electron chi connectivity index (χ1n) is 5.27. The Bertz CT molecular complexity index is 582. The van der Waals surface area contributed by atoms with Gasteiger partial charge >= 0.3 is 0 Å². The third-order valence-corrected chi connectivity index (χ3v) is 2.33. The Hall–Kier alpha value is -2.56. The van der Waals surface area contributed by atoms with E-state index in [0.29, 0.717) is 17.1 Å². The zero-order valence-electron chi connectivity index (χ0n) is 9.74. The minimum atomic E-state index is -0.0338. The molecule has 0 aliphatic heterocycles. The number of nitrogens with zero attached hydrogens (tertiary/aromatic N) is 2. The number of aromatic hydroxyl groups is 2. The highest BCUT2D eigenvalue weighted by atomic mass is 16.5. The van der Waals surface area contributed by atoms with Crippen molar-refractivity contribution >= 4 is 11.4 Å². The lowest BCUT2D eigenvalue weighted by atomic mass is 10.3. The van der Waals surface area contributed by atoms with Gasteiger partial charge in [0.2, 0.25) is 0 Å². The van der Waals surface area contributed by atoms with Crippen molar-refractivity contribution in [2.45, 2.75) is 0 Å². The van der Waals surface area contributed by atoms with Crippen LogP contribution in [-0.4, -0.2) is 17.3 Å². The van der Waals surface area contributed by atoms with Gasteiger partial charge in [0.05, 0.1) is 7.11 Å². The van der Waals surface area contributed by atoms with Crippen LogP contribution in [0.4, 0.5) is 11.4 Å². The van der Waals surface area contributed by atoms with Crippen molar-refractivity contribution in [3.8, 4) is 17.2 Å². The van der Waals surface area contributed by atoms with Crippen LogP contribution in [0.5, 0.6) is 17.2 Å². The summed E-state index contributed by atoms with van der Waals surface area (Å²) in [7, 11) is 1.51. The molecule has 92 valence electrons. The number of phenolic OH excluding ortho intramolecular Hbond substituents is 2. The molecule has 2 N–H and O–H groups in total. The van der Waals surface area contributed by atoms with Crippen molar-refractivity contribution in [3.05, 3.63) is 42.5 Å². The van der Waals surface area contributed by atoms with Crippen LogP contribution in [0, 0.1) is 0 Å². The number of benzene rings is 2. The van der Waals surface area contributed by atoms with E-state index < -0.39 is 0 Å². The maximum absolute atomic E-state index is 9.67. The maximum atomic E-state index is 9.67. The molecule has 0 aliphatic carbocycles. The molecule has 0 fully saturated rings. The molecule has 0 amide bonds. The summed E-state index contributed by atoms with van der Waals surface area (Å²) < 4.78 is 4.96. The van der Waals surface area contributed by atoms with E-state index in [1.807, 2.05) is 0 Å². The Balaban J connectivity index is 2.27. The van der Waals surface area contributed by atoms with E-state index in [4.69, 9.17) is 4.74 Å². The van der Waals surface area contributed by atoms with Crippen LogP contribution in [0.3, 0.4) is 0 Å². The number of phenols is 2. The molecule has 0 saturated carbocycles. The Morgan fingerprint density at radius 3 is 2.17 bits per heavy atom. The van der Waals surface area contributed by atoms with Gasteiger partial charge in [0.1, 0.15) is 28.6 Å². The molecule has 5 nitrogen and oxygen atoms in total. The topological polar surface area (TPSA) is 74.4 Å². The lowest BCUT2D eigenvalue weighted by molar-refractivity contribution is 0.408. The van der Waals surface area contributed by atoms with Crippen LogP contribution in [-0.2, 0) is 0 Å². The molecule has 0 heterocycles. The number of hydrogen-bond donors (Lipinski definition) is 2. The first kappa shape index (κ1) is 11.9. The molecule has 0 aromatic heterocycles. The molecule has 0 unspecified atom stereocenters. The summed E-state index contributed by atoms with van der Waals surface area (Å²) in [6.07, 6.45) is 0. The molecular formula is C13H12N2O3. The van der Waals surface area contributed by atoms with Gasteiger partial charge in [0, 0.05) is 6.07 Å². The van der Waals surface area contributed by atoms with Gasteiger partial charge in [-0.15, -0.1) is 10.2 Å². The standard InChI is InChI=1S/C13H12N2O3/c1-18-9-6-7-11(13(17)8-9)15-14-10-4-2-3-5-12(10)16/h2-8,16-17H,1H3. The predicted molar refractivity (Wildman–Crippen MR) is 66.9 cm³/mol. The summed E-state index contributed by atoms with van der Waals surface area (Å²) in [4.78, 5) is 0. The van der Waals surface area contributed by atoms with Crippen molar-refractivity contribution in [3.63, 3.8) is 0 Å². The summed E-state index contributed by atoms with van der Waals surface area (Å²) >= 11 is 0. The van der Waals surface area contributed by atoms with E-state index in [9.17, 15) is 10.2 Å². The van der Waals surface area contributed by atoms with E-state index in [1.54, 1.807) is 30.3 Å². The molecule has 0 radical (unpaired) electrons. The highest BCUT2D eigenvalue weighted by molar-refractivity contribution is 5.55. The highest BCUT2D eigenvalue weighted by Gasteiger charge is 2.02.